The van der Waals surface area contributed by atoms with Crippen LogP contribution in [0, 0.1) is 11.8 Å². The minimum atomic E-state index is -0.893. The number of fused-ring (bicyclic) bond motifs is 1. The van der Waals surface area contributed by atoms with Gasteiger partial charge in [-0.25, -0.2) is 0 Å². The van der Waals surface area contributed by atoms with Gasteiger partial charge in [0.05, 0.1) is 35.8 Å². The summed E-state index contributed by atoms with van der Waals surface area (Å²) >= 11 is 1.60. The predicted molar refractivity (Wildman–Crippen MR) is 171 cm³/mol. The standard InChI is InChI=1S/C34H43N3O5S/c1-6-21-36(25-17-15-24(16-18-25)35(7-2)8-3)31(40)29-34-20-19-33(5,43-34)28(32(41)42-9-4)27(34)30(39)37(29)26(22-38)23-13-11-10-12-14-23/h6,10-18,26-29,38H,1,7-9,19-22H2,2-5H3/t26-,27+,28-,29?,33+,34?/m1/s1. The summed E-state index contributed by atoms with van der Waals surface area (Å²) < 4.78 is 4.17. The number of aliphatic hydroxyl groups excluding tert-OH is 1. The molecule has 43 heavy (non-hydrogen) atoms. The van der Waals surface area contributed by atoms with Crippen molar-refractivity contribution in [1.82, 2.24) is 4.90 Å². The average Bonchev–Trinajstić information content (AvgIpc) is 3.58. The summed E-state index contributed by atoms with van der Waals surface area (Å²) in [6, 6.07) is 15.6. The fraction of sp³-hybridized carbons (Fsp3) is 0.500. The number of anilines is 2. The Labute approximate surface area is 259 Å². The van der Waals surface area contributed by atoms with Crippen molar-refractivity contribution < 1.29 is 24.2 Å². The largest absolute Gasteiger partial charge is 0.466 e. The summed E-state index contributed by atoms with van der Waals surface area (Å²) in [5.41, 5.74) is 2.51. The number of benzene rings is 2. The van der Waals surface area contributed by atoms with Crippen LogP contribution in [0.1, 0.15) is 52.1 Å². The molecule has 1 spiro atoms. The Morgan fingerprint density at radius 1 is 1.09 bits per heavy atom. The molecule has 3 heterocycles. The predicted octanol–water partition coefficient (Wildman–Crippen LogP) is 4.83. The lowest BCUT2D eigenvalue weighted by Gasteiger charge is -2.39. The summed E-state index contributed by atoms with van der Waals surface area (Å²) in [6.45, 7) is 13.8. The molecule has 2 amide bonds. The maximum absolute atomic E-state index is 15.0. The van der Waals surface area contributed by atoms with Gasteiger partial charge in [-0.1, -0.05) is 36.4 Å². The molecule has 2 bridgehead atoms. The van der Waals surface area contributed by atoms with Crippen LogP contribution in [0.25, 0.3) is 0 Å². The summed E-state index contributed by atoms with van der Waals surface area (Å²) in [5, 5.41) is 10.7. The van der Waals surface area contributed by atoms with Crippen LogP contribution in [0.4, 0.5) is 11.4 Å². The second kappa shape index (κ2) is 12.4. The zero-order valence-corrected chi connectivity index (χ0v) is 26.4. The van der Waals surface area contributed by atoms with Crippen LogP contribution in [0.5, 0.6) is 0 Å². The molecule has 3 aliphatic heterocycles. The molecule has 3 aliphatic rings. The quantitative estimate of drug-likeness (QED) is 0.274. The summed E-state index contributed by atoms with van der Waals surface area (Å²) in [5.74, 6) is -2.29. The molecule has 3 fully saturated rings. The maximum Gasteiger partial charge on any atom is 0.311 e. The maximum atomic E-state index is 15.0. The first-order chi connectivity index (χ1) is 20.7. The number of nitrogens with zero attached hydrogens (tertiary/aromatic N) is 3. The number of likely N-dealkylation sites (tertiary alicyclic amines) is 1. The van der Waals surface area contributed by atoms with Crippen molar-refractivity contribution in [3.05, 3.63) is 72.8 Å². The SMILES string of the molecule is C=CCN(C(=O)C1N([C@H](CO)c2ccccc2)C(=O)[C@@H]2[C@H](C(=O)OCC)[C@]3(C)CCC12S3)c1ccc(N(CC)CC)cc1. The number of rotatable bonds is 12. The molecule has 0 aliphatic carbocycles. The fourth-order valence-electron chi connectivity index (χ4n) is 7.63. The number of amides is 2. The lowest BCUT2D eigenvalue weighted by molar-refractivity contribution is -0.155. The van der Waals surface area contributed by atoms with Crippen LogP contribution >= 0.6 is 11.8 Å². The van der Waals surface area contributed by atoms with E-state index in [-0.39, 0.29) is 37.5 Å². The minimum absolute atomic E-state index is 0.218. The van der Waals surface area contributed by atoms with Crippen molar-refractivity contribution in [3.8, 4) is 0 Å². The summed E-state index contributed by atoms with van der Waals surface area (Å²) in [7, 11) is 0. The normalized spacial score (nSPS) is 28.0. The zero-order chi connectivity index (χ0) is 30.9. The van der Waals surface area contributed by atoms with E-state index in [0.29, 0.717) is 18.5 Å². The highest BCUT2D eigenvalue weighted by Gasteiger charge is 2.78. The van der Waals surface area contributed by atoms with Gasteiger partial charge in [0, 0.05) is 35.8 Å². The van der Waals surface area contributed by atoms with Gasteiger partial charge in [-0.2, -0.15) is 0 Å². The lowest BCUT2D eigenvalue weighted by Crippen LogP contribution is -2.56. The average molecular weight is 606 g/mol. The molecule has 2 aromatic rings. The van der Waals surface area contributed by atoms with E-state index in [2.05, 4.69) is 25.3 Å². The van der Waals surface area contributed by atoms with E-state index in [1.165, 1.54) is 0 Å². The van der Waals surface area contributed by atoms with Gasteiger partial charge in [-0.05, 0) is 70.4 Å². The molecule has 6 atom stereocenters. The first kappa shape index (κ1) is 31.1. The second-order valence-corrected chi connectivity index (χ2v) is 13.7. The minimum Gasteiger partial charge on any atom is -0.466 e. The Bertz CT molecular complexity index is 1350. The van der Waals surface area contributed by atoms with Crippen LogP contribution in [0.3, 0.4) is 0 Å². The number of ether oxygens (including phenoxy) is 1. The molecule has 1 N–H and O–H groups in total. The third-order valence-corrected chi connectivity index (χ3v) is 11.5. The molecule has 9 heteroatoms. The van der Waals surface area contributed by atoms with Gasteiger partial charge in [-0.15, -0.1) is 18.3 Å². The van der Waals surface area contributed by atoms with E-state index in [1.807, 2.05) is 61.5 Å². The topological polar surface area (TPSA) is 90.4 Å². The van der Waals surface area contributed by atoms with Crippen molar-refractivity contribution in [2.75, 3.05) is 42.6 Å². The molecular weight excluding hydrogens is 562 g/mol. The molecule has 5 rings (SSSR count). The Kier molecular flexibility index (Phi) is 8.95. The number of carbonyl (C=O) groups excluding carboxylic acids is 3. The molecule has 0 saturated carbocycles. The fourth-order valence-corrected chi connectivity index (χ4v) is 9.96. The molecule has 0 radical (unpaired) electrons. The van der Waals surface area contributed by atoms with E-state index >= 15 is 0 Å². The third kappa shape index (κ3) is 5.04. The number of hydrogen-bond donors (Lipinski definition) is 1. The highest BCUT2D eigenvalue weighted by atomic mass is 32.2. The van der Waals surface area contributed by atoms with Crippen molar-refractivity contribution in [1.29, 1.82) is 0 Å². The van der Waals surface area contributed by atoms with E-state index in [9.17, 15) is 19.5 Å². The number of esters is 1. The van der Waals surface area contributed by atoms with E-state index in [0.717, 1.165) is 24.3 Å². The number of hydrogen-bond acceptors (Lipinski definition) is 7. The molecule has 8 nitrogen and oxygen atoms in total. The smallest absolute Gasteiger partial charge is 0.311 e. The van der Waals surface area contributed by atoms with Gasteiger partial charge in [0.15, 0.2) is 0 Å². The van der Waals surface area contributed by atoms with Gasteiger partial charge in [0.2, 0.25) is 5.91 Å². The van der Waals surface area contributed by atoms with E-state index in [1.54, 1.807) is 34.6 Å². The zero-order valence-electron chi connectivity index (χ0n) is 25.6. The number of carbonyl (C=O) groups is 3. The highest BCUT2D eigenvalue weighted by Crippen LogP contribution is 2.72. The van der Waals surface area contributed by atoms with E-state index < -0.39 is 33.4 Å². The first-order valence-electron chi connectivity index (χ1n) is 15.3. The molecule has 3 saturated heterocycles. The van der Waals surface area contributed by atoms with Crippen molar-refractivity contribution in [2.45, 2.75) is 62.1 Å². The van der Waals surface area contributed by atoms with Crippen molar-refractivity contribution >= 4 is 40.9 Å². The van der Waals surface area contributed by atoms with Gasteiger partial charge < -0.3 is 24.5 Å². The number of aliphatic hydroxyl groups is 1. The van der Waals surface area contributed by atoms with Gasteiger partial charge in [0.25, 0.3) is 5.91 Å². The van der Waals surface area contributed by atoms with Crippen LogP contribution < -0.4 is 9.80 Å². The van der Waals surface area contributed by atoms with Crippen molar-refractivity contribution in [2.24, 2.45) is 11.8 Å². The summed E-state index contributed by atoms with van der Waals surface area (Å²) in [4.78, 5) is 48.5. The lowest BCUT2D eigenvalue weighted by atomic mass is 9.66. The van der Waals surface area contributed by atoms with Crippen LogP contribution in [-0.2, 0) is 19.1 Å². The van der Waals surface area contributed by atoms with Crippen LogP contribution in [0.2, 0.25) is 0 Å². The molecule has 230 valence electrons. The summed E-state index contributed by atoms with van der Waals surface area (Å²) in [6.07, 6.45) is 3.00. The van der Waals surface area contributed by atoms with Crippen LogP contribution in [-0.4, -0.2) is 76.2 Å². The second-order valence-electron chi connectivity index (χ2n) is 11.8. The molecular formula is C34H43N3O5S. The monoisotopic (exact) mass is 605 g/mol. The third-order valence-electron chi connectivity index (χ3n) is 9.55. The van der Waals surface area contributed by atoms with Gasteiger partial charge in [0.1, 0.15) is 6.04 Å². The number of thioether (sulfide) groups is 1. The van der Waals surface area contributed by atoms with Gasteiger partial charge >= 0.3 is 5.97 Å². The van der Waals surface area contributed by atoms with E-state index in [4.69, 9.17) is 4.74 Å². The Hall–Kier alpha value is -3.30. The highest BCUT2D eigenvalue weighted by molar-refractivity contribution is 8.02. The van der Waals surface area contributed by atoms with Gasteiger partial charge in [-0.3, -0.25) is 14.4 Å². The molecule has 0 aromatic heterocycles. The molecule has 2 aromatic carbocycles. The van der Waals surface area contributed by atoms with Crippen LogP contribution in [0.15, 0.2) is 67.3 Å². The molecule has 2 unspecified atom stereocenters. The Morgan fingerprint density at radius 2 is 1.74 bits per heavy atom. The first-order valence-corrected chi connectivity index (χ1v) is 16.1. The Balaban J connectivity index is 1.63. The van der Waals surface area contributed by atoms with Crippen molar-refractivity contribution in [3.63, 3.8) is 0 Å². The Morgan fingerprint density at radius 3 is 2.33 bits per heavy atom.